The lowest BCUT2D eigenvalue weighted by molar-refractivity contribution is -0.115. The van der Waals surface area contributed by atoms with Gasteiger partial charge in [0.15, 0.2) is 0 Å². The molecule has 0 saturated carbocycles. The van der Waals surface area contributed by atoms with Crippen LogP contribution in [0.4, 0.5) is 5.69 Å². The van der Waals surface area contributed by atoms with Gasteiger partial charge in [0.2, 0.25) is 21.8 Å². The number of carbonyl (C=O) groups is 1. The Kier molecular flexibility index (Phi) is 6.64. The SMILES string of the molecule is Cc1oc(-c2ccccc2)nc1CC(=O)Nc1ccc(S(=O)(=O)N2CC(C)OC(C)C2)cc1. The molecular weight excluding hydrogens is 442 g/mol. The summed E-state index contributed by atoms with van der Waals surface area (Å²) in [5.41, 5.74) is 1.90. The third kappa shape index (κ3) is 5.32. The predicted molar refractivity (Wildman–Crippen MR) is 124 cm³/mol. The summed E-state index contributed by atoms with van der Waals surface area (Å²) in [6, 6.07) is 15.7. The van der Waals surface area contributed by atoms with Gasteiger partial charge in [0.25, 0.3) is 0 Å². The minimum absolute atomic E-state index is 0.0474. The summed E-state index contributed by atoms with van der Waals surface area (Å²) in [5.74, 6) is 0.786. The highest BCUT2D eigenvalue weighted by molar-refractivity contribution is 7.89. The summed E-state index contributed by atoms with van der Waals surface area (Å²) in [4.78, 5) is 17.2. The molecule has 3 aromatic rings. The van der Waals surface area contributed by atoms with Gasteiger partial charge in [0.1, 0.15) is 5.76 Å². The van der Waals surface area contributed by atoms with E-state index in [1.54, 1.807) is 19.1 Å². The molecule has 9 heteroatoms. The molecule has 0 spiro atoms. The fourth-order valence-corrected chi connectivity index (χ4v) is 5.43. The molecule has 1 aliphatic rings. The van der Waals surface area contributed by atoms with Crippen LogP contribution in [0.2, 0.25) is 0 Å². The molecule has 1 fully saturated rings. The van der Waals surface area contributed by atoms with E-state index in [-0.39, 0.29) is 29.4 Å². The zero-order valence-electron chi connectivity index (χ0n) is 18.8. The first-order chi connectivity index (χ1) is 15.7. The van der Waals surface area contributed by atoms with Crippen LogP contribution in [-0.4, -0.2) is 48.9 Å². The summed E-state index contributed by atoms with van der Waals surface area (Å²) in [7, 11) is -3.63. The van der Waals surface area contributed by atoms with E-state index in [9.17, 15) is 13.2 Å². The number of rotatable bonds is 6. The first-order valence-electron chi connectivity index (χ1n) is 10.8. The molecular formula is C24H27N3O5S. The van der Waals surface area contributed by atoms with E-state index in [4.69, 9.17) is 9.15 Å². The zero-order chi connectivity index (χ0) is 23.6. The number of nitrogens with zero attached hydrogens (tertiary/aromatic N) is 2. The van der Waals surface area contributed by atoms with Gasteiger partial charge >= 0.3 is 0 Å². The number of ether oxygens (including phenoxy) is 1. The topological polar surface area (TPSA) is 102 Å². The maximum atomic E-state index is 13.0. The van der Waals surface area contributed by atoms with Crippen molar-refractivity contribution in [2.45, 2.75) is 44.3 Å². The van der Waals surface area contributed by atoms with Gasteiger partial charge in [-0.25, -0.2) is 13.4 Å². The Balaban J connectivity index is 1.41. The number of nitrogens with one attached hydrogen (secondary N) is 1. The van der Waals surface area contributed by atoms with Gasteiger partial charge in [0.05, 0.1) is 29.2 Å². The number of aromatic nitrogens is 1. The van der Waals surface area contributed by atoms with E-state index >= 15 is 0 Å². The van der Waals surface area contributed by atoms with Gasteiger partial charge in [-0.2, -0.15) is 4.31 Å². The van der Waals surface area contributed by atoms with E-state index in [2.05, 4.69) is 10.3 Å². The van der Waals surface area contributed by atoms with Gasteiger partial charge in [-0.05, 0) is 57.2 Å². The summed E-state index contributed by atoms with van der Waals surface area (Å²) in [6.07, 6.45) is -0.278. The number of aryl methyl sites for hydroxylation is 1. The lowest BCUT2D eigenvalue weighted by Gasteiger charge is -2.34. The molecule has 1 N–H and O–H groups in total. The standard InChI is InChI=1S/C24H27N3O5S/c1-16-14-27(15-17(2)31-16)33(29,30)21-11-9-20(10-12-21)25-23(28)13-22-18(3)32-24(26-22)19-7-5-4-6-8-19/h4-12,16-17H,13-15H2,1-3H3,(H,25,28). The molecule has 1 aromatic heterocycles. The van der Waals surface area contributed by atoms with Crippen molar-refractivity contribution in [1.29, 1.82) is 0 Å². The fourth-order valence-electron chi connectivity index (χ4n) is 3.84. The summed E-state index contributed by atoms with van der Waals surface area (Å²) in [5, 5.41) is 2.79. The Morgan fingerprint density at radius 1 is 1.06 bits per heavy atom. The molecule has 2 aromatic carbocycles. The molecule has 1 saturated heterocycles. The number of sulfonamides is 1. The molecule has 1 aliphatic heterocycles. The number of carbonyl (C=O) groups excluding carboxylic acids is 1. The molecule has 0 radical (unpaired) electrons. The molecule has 0 aliphatic carbocycles. The number of anilines is 1. The second kappa shape index (κ2) is 9.46. The Morgan fingerprint density at radius 3 is 2.33 bits per heavy atom. The zero-order valence-corrected chi connectivity index (χ0v) is 19.6. The van der Waals surface area contributed by atoms with Crippen molar-refractivity contribution in [3.05, 3.63) is 66.1 Å². The maximum absolute atomic E-state index is 13.0. The van der Waals surface area contributed by atoms with Crippen LogP contribution in [0.25, 0.3) is 11.5 Å². The number of oxazole rings is 1. The predicted octanol–water partition coefficient (Wildman–Crippen LogP) is 3.63. The van der Waals surface area contributed by atoms with Crippen LogP contribution in [0.15, 0.2) is 63.9 Å². The smallest absolute Gasteiger partial charge is 0.243 e. The summed E-state index contributed by atoms with van der Waals surface area (Å²) in [6.45, 7) is 6.11. The summed E-state index contributed by atoms with van der Waals surface area (Å²) < 4.78 is 38.7. The largest absolute Gasteiger partial charge is 0.441 e. The van der Waals surface area contributed by atoms with Crippen LogP contribution in [0.5, 0.6) is 0 Å². The molecule has 1 amide bonds. The molecule has 8 nitrogen and oxygen atoms in total. The minimum Gasteiger partial charge on any atom is -0.441 e. The highest BCUT2D eigenvalue weighted by atomic mass is 32.2. The van der Waals surface area contributed by atoms with Crippen LogP contribution in [-0.2, 0) is 26.0 Å². The van der Waals surface area contributed by atoms with Gasteiger partial charge < -0.3 is 14.5 Å². The number of morpholine rings is 1. The van der Waals surface area contributed by atoms with E-state index in [1.165, 1.54) is 16.4 Å². The number of hydrogen-bond acceptors (Lipinski definition) is 6. The van der Waals surface area contributed by atoms with Crippen molar-refractivity contribution in [2.24, 2.45) is 0 Å². The minimum atomic E-state index is -3.63. The second-order valence-corrected chi connectivity index (χ2v) is 10.2. The van der Waals surface area contributed by atoms with Crippen molar-refractivity contribution in [3.63, 3.8) is 0 Å². The van der Waals surface area contributed by atoms with Gasteiger partial charge in [-0.1, -0.05) is 18.2 Å². The van der Waals surface area contributed by atoms with E-state index < -0.39 is 10.0 Å². The van der Waals surface area contributed by atoms with Crippen molar-refractivity contribution in [3.8, 4) is 11.5 Å². The first kappa shape index (κ1) is 23.2. The molecule has 0 bridgehead atoms. The van der Waals surface area contributed by atoms with E-state index in [0.717, 1.165) is 5.56 Å². The Bertz CT molecular complexity index is 1210. The van der Waals surface area contributed by atoms with Crippen molar-refractivity contribution in [2.75, 3.05) is 18.4 Å². The average Bonchev–Trinajstić information content (AvgIpc) is 3.14. The van der Waals surface area contributed by atoms with Crippen LogP contribution in [0.1, 0.15) is 25.3 Å². The van der Waals surface area contributed by atoms with Crippen LogP contribution < -0.4 is 5.32 Å². The van der Waals surface area contributed by atoms with Crippen LogP contribution >= 0.6 is 0 Å². The molecule has 174 valence electrons. The normalized spacial score (nSPS) is 19.4. The monoisotopic (exact) mass is 469 g/mol. The number of hydrogen-bond donors (Lipinski definition) is 1. The molecule has 4 rings (SSSR count). The Morgan fingerprint density at radius 2 is 1.70 bits per heavy atom. The van der Waals surface area contributed by atoms with Crippen molar-refractivity contribution >= 4 is 21.6 Å². The fraction of sp³-hybridized carbons (Fsp3) is 0.333. The lowest BCUT2D eigenvalue weighted by atomic mass is 10.2. The quantitative estimate of drug-likeness (QED) is 0.592. The molecule has 2 unspecified atom stereocenters. The number of benzene rings is 2. The van der Waals surface area contributed by atoms with E-state index in [1.807, 2.05) is 44.2 Å². The third-order valence-electron chi connectivity index (χ3n) is 5.40. The van der Waals surface area contributed by atoms with Gasteiger partial charge in [0, 0.05) is 24.3 Å². The first-order valence-corrected chi connectivity index (χ1v) is 12.2. The third-order valence-corrected chi connectivity index (χ3v) is 7.25. The van der Waals surface area contributed by atoms with E-state index in [0.29, 0.717) is 36.1 Å². The molecule has 2 atom stereocenters. The lowest BCUT2D eigenvalue weighted by Crippen LogP contribution is -2.48. The molecule has 33 heavy (non-hydrogen) atoms. The highest BCUT2D eigenvalue weighted by Crippen LogP contribution is 2.24. The maximum Gasteiger partial charge on any atom is 0.243 e. The highest BCUT2D eigenvalue weighted by Gasteiger charge is 2.32. The number of amides is 1. The van der Waals surface area contributed by atoms with Gasteiger partial charge in [-0.15, -0.1) is 0 Å². The van der Waals surface area contributed by atoms with Crippen LogP contribution in [0.3, 0.4) is 0 Å². The van der Waals surface area contributed by atoms with Crippen molar-refractivity contribution in [1.82, 2.24) is 9.29 Å². The molecule has 2 heterocycles. The second-order valence-electron chi connectivity index (χ2n) is 8.22. The van der Waals surface area contributed by atoms with Crippen LogP contribution in [0, 0.1) is 6.92 Å². The van der Waals surface area contributed by atoms with Gasteiger partial charge in [-0.3, -0.25) is 4.79 Å². The Hall–Kier alpha value is -3.01. The van der Waals surface area contributed by atoms with Crippen molar-refractivity contribution < 1.29 is 22.4 Å². The average molecular weight is 470 g/mol. The Labute approximate surface area is 193 Å². The summed E-state index contributed by atoms with van der Waals surface area (Å²) >= 11 is 0.